The van der Waals surface area contributed by atoms with Crippen LogP contribution in [0.2, 0.25) is 0 Å². The van der Waals surface area contributed by atoms with Crippen molar-refractivity contribution in [3.8, 4) is 0 Å². The number of carbonyl (C=O) groups excluding carboxylic acids is 1. The standard InChI is InChI=1S/C14H23N3O3/c1-4-6-8-17(9-7-5-2)13(18)12-11(14(19)20)10-15-16(12)3/h10H,4-9H2,1-3H3,(H,19,20). The number of aryl methyl sites for hydroxylation is 1. The molecule has 20 heavy (non-hydrogen) atoms. The van der Waals surface area contributed by atoms with Crippen LogP contribution in [0.3, 0.4) is 0 Å². The average Bonchev–Trinajstić information content (AvgIpc) is 2.80. The number of hydrogen-bond acceptors (Lipinski definition) is 3. The van der Waals surface area contributed by atoms with Crippen LogP contribution < -0.4 is 0 Å². The summed E-state index contributed by atoms with van der Waals surface area (Å²) in [6.07, 6.45) is 5.04. The van der Waals surface area contributed by atoms with Gasteiger partial charge in [0, 0.05) is 20.1 Å². The highest BCUT2D eigenvalue weighted by Crippen LogP contribution is 2.12. The zero-order chi connectivity index (χ0) is 15.1. The molecular formula is C14H23N3O3. The Labute approximate surface area is 119 Å². The molecule has 0 aromatic carbocycles. The Morgan fingerprint density at radius 2 is 1.80 bits per heavy atom. The van der Waals surface area contributed by atoms with Crippen LogP contribution in [0.5, 0.6) is 0 Å². The van der Waals surface area contributed by atoms with Crippen molar-refractivity contribution in [2.75, 3.05) is 13.1 Å². The maximum atomic E-state index is 12.6. The molecule has 6 heteroatoms. The van der Waals surface area contributed by atoms with Crippen LogP contribution >= 0.6 is 0 Å². The molecule has 1 heterocycles. The van der Waals surface area contributed by atoms with Gasteiger partial charge < -0.3 is 10.0 Å². The number of aromatic nitrogens is 2. The van der Waals surface area contributed by atoms with Gasteiger partial charge in [-0.15, -0.1) is 0 Å². The van der Waals surface area contributed by atoms with Gasteiger partial charge in [-0.05, 0) is 12.8 Å². The van der Waals surface area contributed by atoms with Crippen LogP contribution in [0.25, 0.3) is 0 Å². The Bertz CT molecular complexity index is 460. The van der Waals surface area contributed by atoms with E-state index in [0.29, 0.717) is 13.1 Å². The summed E-state index contributed by atoms with van der Waals surface area (Å²) in [5, 5.41) is 13.0. The number of carbonyl (C=O) groups is 2. The second kappa shape index (κ2) is 7.67. The molecule has 0 fully saturated rings. The number of unbranched alkanes of at least 4 members (excludes halogenated alkanes) is 2. The minimum absolute atomic E-state index is 0.0319. The average molecular weight is 281 g/mol. The van der Waals surface area contributed by atoms with Gasteiger partial charge in [0.2, 0.25) is 0 Å². The molecule has 1 amide bonds. The number of carboxylic acid groups (broad SMARTS) is 1. The largest absolute Gasteiger partial charge is 0.478 e. The fraction of sp³-hybridized carbons (Fsp3) is 0.643. The van der Waals surface area contributed by atoms with Crippen molar-refractivity contribution in [3.63, 3.8) is 0 Å². The van der Waals surface area contributed by atoms with Crippen LogP contribution in [0, 0.1) is 0 Å². The predicted molar refractivity (Wildman–Crippen MR) is 75.9 cm³/mol. The van der Waals surface area contributed by atoms with Crippen LogP contribution in [0.1, 0.15) is 60.4 Å². The molecule has 1 aromatic heterocycles. The van der Waals surface area contributed by atoms with Gasteiger partial charge in [-0.2, -0.15) is 5.10 Å². The van der Waals surface area contributed by atoms with Crippen LogP contribution in [0.4, 0.5) is 0 Å². The highest BCUT2D eigenvalue weighted by atomic mass is 16.4. The normalized spacial score (nSPS) is 10.6. The van der Waals surface area contributed by atoms with Crippen molar-refractivity contribution >= 4 is 11.9 Å². The fourth-order valence-electron chi connectivity index (χ4n) is 2.01. The number of carboxylic acids is 1. The molecule has 0 aliphatic rings. The number of hydrogen-bond donors (Lipinski definition) is 1. The van der Waals surface area contributed by atoms with Gasteiger partial charge in [-0.3, -0.25) is 9.48 Å². The van der Waals surface area contributed by atoms with Gasteiger partial charge in [-0.25, -0.2) is 4.79 Å². The van der Waals surface area contributed by atoms with Crippen molar-refractivity contribution in [1.29, 1.82) is 0 Å². The first-order valence-electron chi connectivity index (χ1n) is 7.07. The topological polar surface area (TPSA) is 75.4 Å². The summed E-state index contributed by atoms with van der Waals surface area (Å²) in [5.41, 5.74) is 0.125. The first-order valence-corrected chi connectivity index (χ1v) is 7.07. The van der Waals surface area contributed by atoms with Crippen molar-refractivity contribution in [1.82, 2.24) is 14.7 Å². The van der Waals surface area contributed by atoms with E-state index in [0.717, 1.165) is 25.7 Å². The van der Waals surface area contributed by atoms with E-state index in [1.807, 2.05) is 0 Å². The molecule has 0 unspecified atom stereocenters. The van der Waals surface area contributed by atoms with E-state index in [1.54, 1.807) is 11.9 Å². The molecule has 0 saturated heterocycles. The summed E-state index contributed by atoms with van der Waals surface area (Å²) < 4.78 is 1.34. The molecule has 1 rings (SSSR count). The van der Waals surface area contributed by atoms with Gasteiger partial charge in [0.1, 0.15) is 11.3 Å². The Morgan fingerprint density at radius 1 is 1.25 bits per heavy atom. The molecule has 0 spiro atoms. The molecule has 0 aliphatic heterocycles. The molecule has 1 N–H and O–H groups in total. The Hall–Kier alpha value is -1.85. The number of amides is 1. The third-order valence-electron chi connectivity index (χ3n) is 3.22. The van der Waals surface area contributed by atoms with Crippen molar-refractivity contribution < 1.29 is 14.7 Å². The second-order valence-corrected chi connectivity index (χ2v) is 4.83. The van der Waals surface area contributed by atoms with Gasteiger partial charge in [-0.1, -0.05) is 26.7 Å². The summed E-state index contributed by atoms with van der Waals surface area (Å²) >= 11 is 0. The van der Waals surface area contributed by atoms with E-state index in [4.69, 9.17) is 5.11 Å². The maximum Gasteiger partial charge on any atom is 0.339 e. The molecule has 1 aromatic rings. The highest BCUT2D eigenvalue weighted by molar-refractivity contribution is 6.03. The summed E-state index contributed by atoms with van der Waals surface area (Å²) in [4.78, 5) is 25.5. The molecule has 0 atom stereocenters. The molecule has 0 bridgehead atoms. The maximum absolute atomic E-state index is 12.6. The van der Waals surface area contributed by atoms with E-state index >= 15 is 0 Å². The number of aromatic carboxylic acids is 1. The summed E-state index contributed by atoms with van der Waals surface area (Å²) in [6.45, 7) is 5.43. The lowest BCUT2D eigenvalue weighted by atomic mass is 10.2. The minimum atomic E-state index is -1.12. The molecular weight excluding hydrogens is 258 g/mol. The first kappa shape index (κ1) is 16.2. The van der Waals surface area contributed by atoms with Crippen molar-refractivity contribution in [2.24, 2.45) is 7.05 Å². The Kier molecular flexibility index (Phi) is 6.21. The smallest absolute Gasteiger partial charge is 0.339 e. The molecule has 6 nitrogen and oxygen atoms in total. The number of rotatable bonds is 8. The van der Waals surface area contributed by atoms with Crippen molar-refractivity contribution in [3.05, 3.63) is 17.5 Å². The zero-order valence-corrected chi connectivity index (χ0v) is 12.4. The Morgan fingerprint density at radius 3 is 2.25 bits per heavy atom. The van der Waals surface area contributed by atoms with E-state index in [1.165, 1.54) is 10.9 Å². The summed E-state index contributed by atoms with van der Waals surface area (Å²) in [6, 6.07) is 0. The summed E-state index contributed by atoms with van der Waals surface area (Å²) in [7, 11) is 1.59. The SMILES string of the molecule is CCCCN(CCCC)C(=O)c1c(C(=O)O)cnn1C. The second-order valence-electron chi connectivity index (χ2n) is 4.83. The lowest BCUT2D eigenvalue weighted by Gasteiger charge is -2.22. The predicted octanol–water partition coefficient (Wildman–Crippen LogP) is 2.16. The fourth-order valence-corrected chi connectivity index (χ4v) is 2.01. The summed E-state index contributed by atoms with van der Waals surface area (Å²) in [5.74, 6) is -1.36. The van der Waals surface area contributed by atoms with E-state index in [9.17, 15) is 9.59 Å². The third-order valence-corrected chi connectivity index (χ3v) is 3.22. The van der Waals surface area contributed by atoms with Gasteiger partial charge in [0.05, 0.1) is 6.20 Å². The third kappa shape index (κ3) is 3.82. The van der Waals surface area contributed by atoms with Gasteiger partial charge in [0.25, 0.3) is 5.91 Å². The van der Waals surface area contributed by atoms with Crippen molar-refractivity contribution in [2.45, 2.75) is 39.5 Å². The molecule has 0 radical (unpaired) electrons. The van der Waals surface area contributed by atoms with Gasteiger partial charge >= 0.3 is 5.97 Å². The van der Waals surface area contributed by atoms with E-state index in [2.05, 4.69) is 18.9 Å². The Balaban J connectivity index is 2.98. The molecule has 0 aliphatic carbocycles. The lowest BCUT2D eigenvalue weighted by Crippen LogP contribution is -2.35. The lowest BCUT2D eigenvalue weighted by molar-refractivity contribution is 0.0670. The van der Waals surface area contributed by atoms with E-state index in [-0.39, 0.29) is 17.2 Å². The molecule has 0 saturated carbocycles. The van der Waals surface area contributed by atoms with Crippen LogP contribution in [0.15, 0.2) is 6.20 Å². The van der Waals surface area contributed by atoms with Crippen LogP contribution in [-0.4, -0.2) is 44.8 Å². The van der Waals surface area contributed by atoms with Gasteiger partial charge in [0.15, 0.2) is 0 Å². The van der Waals surface area contributed by atoms with E-state index < -0.39 is 5.97 Å². The minimum Gasteiger partial charge on any atom is -0.478 e. The monoisotopic (exact) mass is 281 g/mol. The highest BCUT2D eigenvalue weighted by Gasteiger charge is 2.25. The number of nitrogens with zero attached hydrogens (tertiary/aromatic N) is 3. The van der Waals surface area contributed by atoms with Crippen LogP contribution in [-0.2, 0) is 7.05 Å². The molecule has 112 valence electrons. The first-order chi connectivity index (χ1) is 9.52. The zero-order valence-electron chi connectivity index (χ0n) is 12.4. The quantitative estimate of drug-likeness (QED) is 0.792.